The van der Waals surface area contributed by atoms with Gasteiger partial charge < -0.3 is 10.2 Å². The van der Waals surface area contributed by atoms with Crippen LogP contribution in [0.5, 0.6) is 0 Å². The van der Waals surface area contributed by atoms with Crippen LogP contribution in [-0.2, 0) is 0 Å². The maximum absolute atomic E-state index is 12.7. The van der Waals surface area contributed by atoms with Crippen LogP contribution >= 0.6 is 0 Å². The molecule has 0 radical (unpaired) electrons. The molecule has 4 nitrogen and oxygen atoms in total. The molecule has 21 heavy (non-hydrogen) atoms. The highest BCUT2D eigenvalue weighted by Crippen LogP contribution is 2.28. The number of aromatic nitrogens is 1. The molecule has 1 N–H and O–H groups in total. The van der Waals surface area contributed by atoms with Crippen LogP contribution in [0.15, 0.2) is 30.5 Å². The summed E-state index contributed by atoms with van der Waals surface area (Å²) in [6, 6.07) is 7.92. The van der Waals surface area contributed by atoms with Crippen LogP contribution in [-0.4, -0.2) is 36.4 Å². The van der Waals surface area contributed by atoms with Gasteiger partial charge in [-0.3, -0.25) is 4.79 Å². The molecule has 1 saturated carbocycles. The molecule has 1 aliphatic rings. The topological polar surface area (TPSA) is 45.2 Å². The Kier molecular flexibility index (Phi) is 3.78. The SMILES string of the molecule is CNc1ncc(C(=O)N(C)CC2CCC2)c2ccccc12. The highest BCUT2D eigenvalue weighted by atomic mass is 16.2. The van der Waals surface area contributed by atoms with Gasteiger partial charge in [0.05, 0.1) is 5.56 Å². The van der Waals surface area contributed by atoms with E-state index < -0.39 is 0 Å². The van der Waals surface area contributed by atoms with Gasteiger partial charge in [-0.2, -0.15) is 0 Å². The van der Waals surface area contributed by atoms with Gasteiger partial charge in [0.15, 0.2) is 0 Å². The predicted molar refractivity (Wildman–Crippen MR) is 85.6 cm³/mol. The van der Waals surface area contributed by atoms with Crippen molar-refractivity contribution in [1.29, 1.82) is 0 Å². The normalized spacial score (nSPS) is 14.8. The Hall–Kier alpha value is -2.10. The second kappa shape index (κ2) is 5.72. The third-order valence-corrected chi connectivity index (χ3v) is 4.37. The second-order valence-corrected chi connectivity index (χ2v) is 5.80. The van der Waals surface area contributed by atoms with E-state index in [4.69, 9.17) is 0 Å². The summed E-state index contributed by atoms with van der Waals surface area (Å²) >= 11 is 0. The summed E-state index contributed by atoms with van der Waals surface area (Å²) in [6.45, 7) is 0.848. The summed E-state index contributed by atoms with van der Waals surface area (Å²) in [7, 11) is 3.74. The van der Waals surface area contributed by atoms with Crippen LogP contribution in [0.4, 0.5) is 5.82 Å². The van der Waals surface area contributed by atoms with E-state index in [2.05, 4.69) is 10.3 Å². The number of amides is 1. The molecule has 0 saturated heterocycles. The van der Waals surface area contributed by atoms with Crippen molar-refractivity contribution in [1.82, 2.24) is 9.88 Å². The lowest BCUT2D eigenvalue weighted by atomic mass is 9.85. The first-order chi connectivity index (χ1) is 10.2. The molecule has 110 valence electrons. The fourth-order valence-corrected chi connectivity index (χ4v) is 2.91. The number of nitrogens with zero attached hydrogens (tertiary/aromatic N) is 2. The van der Waals surface area contributed by atoms with Crippen molar-refractivity contribution in [3.8, 4) is 0 Å². The van der Waals surface area contributed by atoms with Gasteiger partial charge in [0.1, 0.15) is 5.82 Å². The number of carbonyl (C=O) groups excluding carboxylic acids is 1. The molecular weight excluding hydrogens is 262 g/mol. The van der Waals surface area contributed by atoms with Gasteiger partial charge in [-0.05, 0) is 24.1 Å². The number of rotatable bonds is 4. The van der Waals surface area contributed by atoms with Gasteiger partial charge in [0, 0.05) is 32.2 Å². The summed E-state index contributed by atoms with van der Waals surface area (Å²) in [6.07, 6.45) is 5.48. The van der Waals surface area contributed by atoms with Crippen LogP contribution < -0.4 is 5.32 Å². The molecule has 0 atom stereocenters. The fraction of sp³-hybridized carbons (Fsp3) is 0.412. The van der Waals surface area contributed by atoms with E-state index in [0.717, 1.165) is 23.1 Å². The molecule has 0 bridgehead atoms. The standard InChI is InChI=1S/C17H21N3O/c1-18-16-14-9-4-3-8-13(14)15(10-19-16)17(21)20(2)11-12-6-5-7-12/h3-4,8-10,12H,5-7,11H2,1-2H3,(H,18,19). The van der Waals surface area contributed by atoms with Gasteiger partial charge in [-0.1, -0.05) is 30.7 Å². The van der Waals surface area contributed by atoms with Gasteiger partial charge in [-0.15, -0.1) is 0 Å². The smallest absolute Gasteiger partial charge is 0.255 e. The number of carbonyl (C=O) groups is 1. The lowest BCUT2D eigenvalue weighted by Gasteiger charge is -2.30. The lowest BCUT2D eigenvalue weighted by Crippen LogP contribution is -2.34. The van der Waals surface area contributed by atoms with E-state index in [1.807, 2.05) is 43.3 Å². The molecule has 0 spiro atoms. The van der Waals surface area contributed by atoms with Crippen molar-refractivity contribution in [2.45, 2.75) is 19.3 Å². The zero-order chi connectivity index (χ0) is 14.8. The highest BCUT2D eigenvalue weighted by Gasteiger charge is 2.23. The van der Waals surface area contributed by atoms with Gasteiger partial charge >= 0.3 is 0 Å². The van der Waals surface area contributed by atoms with E-state index in [-0.39, 0.29) is 5.91 Å². The molecule has 1 heterocycles. The highest BCUT2D eigenvalue weighted by molar-refractivity contribution is 6.09. The minimum absolute atomic E-state index is 0.0632. The van der Waals surface area contributed by atoms with E-state index in [0.29, 0.717) is 11.5 Å². The summed E-state index contributed by atoms with van der Waals surface area (Å²) < 4.78 is 0. The molecule has 1 aromatic heterocycles. The number of hydrogen-bond acceptors (Lipinski definition) is 3. The minimum atomic E-state index is 0.0632. The zero-order valence-corrected chi connectivity index (χ0v) is 12.6. The summed E-state index contributed by atoms with van der Waals surface area (Å²) in [5.74, 6) is 1.55. The van der Waals surface area contributed by atoms with Gasteiger partial charge in [0.25, 0.3) is 5.91 Å². The Labute approximate surface area is 125 Å². The quantitative estimate of drug-likeness (QED) is 0.937. The molecule has 1 fully saturated rings. The Bertz CT molecular complexity index is 664. The first kappa shape index (κ1) is 13.9. The average molecular weight is 283 g/mol. The number of nitrogens with one attached hydrogen (secondary N) is 1. The number of pyridine rings is 1. The molecule has 1 aliphatic carbocycles. The van der Waals surface area contributed by atoms with Gasteiger partial charge in [-0.25, -0.2) is 4.98 Å². The van der Waals surface area contributed by atoms with Crippen molar-refractivity contribution in [2.24, 2.45) is 5.92 Å². The van der Waals surface area contributed by atoms with E-state index >= 15 is 0 Å². The second-order valence-electron chi connectivity index (χ2n) is 5.80. The predicted octanol–water partition coefficient (Wildman–Crippen LogP) is 3.15. The fourth-order valence-electron chi connectivity index (χ4n) is 2.91. The summed E-state index contributed by atoms with van der Waals surface area (Å²) in [5, 5.41) is 5.03. The molecule has 0 aliphatic heterocycles. The third-order valence-electron chi connectivity index (χ3n) is 4.37. The average Bonchev–Trinajstić information content (AvgIpc) is 2.48. The molecular formula is C17H21N3O. The number of anilines is 1. The van der Waals surface area contributed by atoms with E-state index in [9.17, 15) is 4.79 Å². The molecule has 3 rings (SSSR count). The Morgan fingerprint density at radius 1 is 1.33 bits per heavy atom. The van der Waals surface area contributed by atoms with Crippen LogP contribution in [0, 0.1) is 5.92 Å². The number of fused-ring (bicyclic) bond motifs is 1. The third kappa shape index (κ3) is 2.58. The molecule has 0 unspecified atom stereocenters. The van der Waals surface area contributed by atoms with Crippen LogP contribution in [0.3, 0.4) is 0 Å². The number of hydrogen-bond donors (Lipinski definition) is 1. The first-order valence-corrected chi connectivity index (χ1v) is 7.51. The summed E-state index contributed by atoms with van der Waals surface area (Å²) in [5.41, 5.74) is 0.687. The number of benzene rings is 1. The van der Waals surface area contributed by atoms with Crippen molar-refractivity contribution in [3.63, 3.8) is 0 Å². The maximum atomic E-state index is 12.7. The molecule has 1 amide bonds. The Morgan fingerprint density at radius 3 is 2.67 bits per heavy atom. The van der Waals surface area contributed by atoms with E-state index in [1.165, 1.54) is 19.3 Å². The van der Waals surface area contributed by atoms with Crippen LogP contribution in [0.25, 0.3) is 10.8 Å². The molecule has 4 heteroatoms. The lowest BCUT2D eigenvalue weighted by molar-refractivity contribution is 0.0747. The van der Waals surface area contributed by atoms with Gasteiger partial charge in [0.2, 0.25) is 0 Å². The van der Waals surface area contributed by atoms with E-state index in [1.54, 1.807) is 6.20 Å². The largest absolute Gasteiger partial charge is 0.373 e. The Balaban J connectivity index is 1.94. The molecule has 2 aromatic rings. The summed E-state index contributed by atoms with van der Waals surface area (Å²) in [4.78, 5) is 18.9. The van der Waals surface area contributed by atoms with Crippen LogP contribution in [0.2, 0.25) is 0 Å². The molecule has 1 aromatic carbocycles. The van der Waals surface area contributed by atoms with Crippen LogP contribution in [0.1, 0.15) is 29.6 Å². The maximum Gasteiger partial charge on any atom is 0.255 e. The van der Waals surface area contributed by atoms with Crippen molar-refractivity contribution >= 4 is 22.5 Å². The van der Waals surface area contributed by atoms with Crippen molar-refractivity contribution < 1.29 is 4.79 Å². The Morgan fingerprint density at radius 2 is 2.05 bits per heavy atom. The van der Waals surface area contributed by atoms with Crippen molar-refractivity contribution in [2.75, 3.05) is 26.0 Å². The zero-order valence-electron chi connectivity index (χ0n) is 12.6. The first-order valence-electron chi connectivity index (χ1n) is 7.51. The van der Waals surface area contributed by atoms with Crippen molar-refractivity contribution in [3.05, 3.63) is 36.0 Å². The minimum Gasteiger partial charge on any atom is -0.373 e. The monoisotopic (exact) mass is 283 g/mol.